The minimum Gasteiger partial charge on any atom is -0.390 e. The maximum Gasteiger partial charge on any atom is 0.119 e. The molecule has 4 saturated heterocycles. The van der Waals surface area contributed by atoms with Crippen molar-refractivity contribution in [2.24, 2.45) is 11.8 Å². The van der Waals surface area contributed by atoms with Crippen molar-refractivity contribution in [3.63, 3.8) is 0 Å². The molecule has 176 valence electrons. The lowest BCUT2D eigenvalue weighted by Crippen LogP contribution is -2.56. The van der Waals surface area contributed by atoms with Crippen LogP contribution in [0.1, 0.15) is 26.2 Å². The summed E-state index contributed by atoms with van der Waals surface area (Å²) < 4.78 is 34.8. The Morgan fingerprint density at radius 2 is 1.67 bits per heavy atom. The number of aliphatic hydroxyl groups is 2. The van der Waals surface area contributed by atoms with Crippen LogP contribution in [0.3, 0.4) is 0 Å². The topological polar surface area (TPSA) is 95.8 Å². The molecular formula is C20H36O8S2. The lowest BCUT2D eigenvalue weighted by molar-refractivity contribution is -0.201. The van der Waals surface area contributed by atoms with E-state index in [4.69, 9.17) is 28.4 Å². The van der Waals surface area contributed by atoms with Crippen molar-refractivity contribution in [1.29, 1.82) is 0 Å². The van der Waals surface area contributed by atoms with E-state index in [9.17, 15) is 10.2 Å². The summed E-state index contributed by atoms with van der Waals surface area (Å²) in [6.07, 6.45) is -0.170. The highest BCUT2D eigenvalue weighted by molar-refractivity contribution is 8.77. The van der Waals surface area contributed by atoms with Gasteiger partial charge in [-0.25, -0.2) is 0 Å². The summed E-state index contributed by atoms with van der Waals surface area (Å²) in [7, 11) is 8.15. The highest BCUT2D eigenvalue weighted by atomic mass is 33.1. The van der Waals surface area contributed by atoms with Gasteiger partial charge in [-0.1, -0.05) is 34.9 Å². The standard InChI is InChI=1S/C20H36O8S2/c1-11-17(24-3)18(25-4)14(9-23-2)28-19(11)29-30-20-12-7-5-6-8-26-10-13(27-20)16(22)15(12)21/h11-22H,5-10H2,1-4H3. The summed E-state index contributed by atoms with van der Waals surface area (Å²) in [6, 6.07) is 0. The number of rotatable bonds is 7. The molecule has 0 radical (unpaired) electrons. The third kappa shape index (κ3) is 5.65. The molecule has 10 atom stereocenters. The molecule has 10 unspecified atom stereocenters. The van der Waals surface area contributed by atoms with Gasteiger partial charge in [0.2, 0.25) is 0 Å². The van der Waals surface area contributed by atoms with Crippen LogP contribution in [0, 0.1) is 11.8 Å². The molecule has 4 heterocycles. The van der Waals surface area contributed by atoms with Gasteiger partial charge in [0, 0.05) is 39.8 Å². The number of ether oxygens (including phenoxy) is 6. The molecule has 8 nitrogen and oxygen atoms in total. The number of aliphatic hydroxyl groups excluding tert-OH is 2. The van der Waals surface area contributed by atoms with Crippen molar-refractivity contribution in [3.05, 3.63) is 0 Å². The summed E-state index contributed by atoms with van der Waals surface area (Å²) in [5.41, 5.74) is -0.403. The van der Waals surface area contributed by atoms with Crippen molar-refractivity contribution in [3.8, 4) is 0 Å². The third-order valence-corrected chi connectivity index (χ3v) is 9.22. The smallest absolute Gasteiger partial charge is 0.119 e. The molecule has 4 fully saturated rings. The van der Waals surface area contributed by atoms with Gasteiger partial charge in [-0.05, 0) is 12.8 Å². The van der Waals surface area contributed by atoms with Crippen molar-refractivity contribution < 1.29 is 38.6 Å². The van der Waals surface area contributed by atoms with E-state index < -0.39 is 18.3 Å². The molecule has 0 aromatic carbocycles. The third-order valence-electron chi connectivity index (χ3n) is 6.25. The molecule has 4 aliphatic rings. The number of fused-ring (bicyclic) bond motifs is 7. The molecule has 0 saturated carbocycles. The van der Waals surface area contributed by atoms with Crippen LogP contribution < -0.4 is 0 Å². The maximum atomic E-state index is 10.7. The fourth-order valence-electron chi connectivity index (χ4n) is 4.50. The molecule has 0 aliphatic carbocycles. The fraction of sp³-hybridized carbons (Fsp3) is 1.00. The van der Waals surface area contributed by atoms with Gasteiger partial charge in [0.1, 0.15) is 35.3 Å². The van der Waals surface area contributed by atoms with Crippen molar-refractivity contribution in [2.75, 3.05) is 41.2 Å². The number of methoxy groups -OCH3 is 3. The molecular weight excluding hydrogens is 432 g/mol. The average Bonchev–Trinajstić information content (AvgIpc) is 2.75. The van der Waals surface area contributed by atoms with Gasteiger partial charge >= 0.3 is 0 Å². The first-order valence-corrected chi connectivity index (χ1v) is 12.9. The van der Waals surface area contributed by atoms with Crippen LogP contribution in [0.4, 0.5) is 0 Å². The van der Waals surface area contributed by atoms with Crippen molar-refractivity contribution >= 4 is 21.6 Å². The molecule has 30 heavy (non-hydrogen) atoms. The van der Waals surface area contributed by atoms with E-state index in [2.05, 4.69) is 6.92 Å². The Labute approximate surface area is 187 Å². The van der Waals surface area contributed by atoms with Gasteiger partial charge in [-0.2, -0.15) is 0 Å². The Morgan fingerprint density at radius 1 is 0.933 bits per heavy atom. The SMILES string of the molecule is COCC1OC(SSC2OC3COCCCCC2C(O)C3O)C(C)C(OC)C1OC. The van der Waals surface area contributed by atoms with Crippen LogP contribution in [0.25, 0.3) is 0 Å². The van der Waals surface area contributed by atoms with Gasteiger partial charge in [0.25, 0.3) is 0 Å². The largest absolute Gasteiger partial charge is 0.390 e. The van der Waals surface area contributed by atoms with Gasteiger partial charge in [0.15, 0.2) is 0 Å². The van der Waals surface area contributed by atoms with E-state index in [1.54, 1.807) is 42.9 Å². The van der Waals surface area contributed by atoms with Crippen LogP contribution in [0.2, 0.25) is 0 Å². The highest BCUT2D eigenvalue weighted by Crippen LogP contribution is 2.47. The molecule has 4 rings (SSSR count). The van der Waals surface area contributed by atoms with E-state index in [1.165, 1.54) is 0 Å². The zero-order valence-corrected chi connectivity index (χ0v) is 19.8. The van der Waals surface area contributed by atoms with Crippen LogP contribution in [-0.2, 0) is 28.4 Å². The Hall–Kier alpha value is 0.380. The average molecular weight is 469 g/mol. The van der Waals surface area contributed by atoms with Gasteiger partial charge in [-0.3, -0.25) is 0 Å². The van der Waals surface area contributed by atoms with Crippen molar-refractivity contribution in [2.45, 2.75) is 73.7 Å². The maximum absolute atomic E-state index is 10.7. The van der Waals surface area contributed by atoms with E-state index in [1.807, 2.05) is 0 Å². The summed E-state index contributed by atoms with van der Waals surface area (Å²) in [5.74, 6) is -0.0495. The number of hydrogen-bond acceptors (Lipinski definition) is 10. The number of hydrogen-bond donors (Lipinski definition) is 2. The zero-order chi connectivity index (χ0) is 21.7. The molecule has 0 aromatic rings. The summed E-state index contributed by atoms with van der Waals surface area (Å²) in [5, 5.41) is 21.2. The summed E-state index contributed by atoms with van der Waals surface area (Å²) in [4.78, 5) is 0. The summed E-state index contributed by atoms with van der Waals surface area (Å²) >= 11 is 0. The van der Waals surface area contributed by atoms with Gasteiger partial charge in [-0.15, -0.1) is 0 Å². The van der Waals surface area contributed by atoms with E-state index in [-0.39, 0.29) is 41.0 Å². The Bertz CT molecular complexity index is 513. The molecule has 2 N–H and O–H groups in total. The fourth-order valence-corrected chi connectivity index (χ4v) is 7.75. The first-order valence-electron chi connectivity index (χ1n) is 10.6. The lowest BCUT2D eigenvalue weighted by atomic mass is 9.88. The predicted octanol–water partition coefficient (Wildman–Crippen LogP) is 1.67. The highest BCUT2D eigenvalue weighted by Gasteiger charge is 2.48. The van der Waals surface area contributed by atoms with Gasteiger partial charge < -0.3 is 38.6 Å². The van der Waals surface area contributed by atoms with E-state index in [0.29, 0.717) is 19.8 Å². The predicted molar refractivity (Wildman–Crippen MR) is 115 cm³/mol. The summed E-state index contributed by atoms with van der Waals surface area (Å²) in [6.45, 7) is 3.46. The van der Waals surface area contributed by atoms with Crippen LogP contribution in [-0.4, -0.2) is 98.9 Å². The van der Waals surface area contributed by atoms with E-state index >= 15 is 0 Å². The normalized spacial score (nSPS) is 45.4. The van der Waals surface area contributed by atoms with Crippen molar-refractivity contribution in [1.82, 2.24) is 0 Å². The molecule has 0 amide bonds. The molecule has 2 bridgehead atoms. The monoisotopic (exact) mass is 468 g/mol. The molecule has 0 spiro atoms. The molecule has 0 aromatic heterocycles. The quantitative estimate of drug-likeness (QED) is 0.537. The van der Waals surface area contributed by atoms with Crippen LogP contribution >= 0.6 is 21.6 Å². The first-order chi connectivity index (χ1) is 14.5. The lowest BCUT2D eigenvalue weighted by Gasteiger charge is -2.46. The second-order valence-electron chi connectivity index (χ2n) is 8.21. The zero-order valence-electron chi connectivity index (χ0n) is 18.2. The minimum atomic E-state index is -0.925. The minimum absolute atomic E-state index is 0.0844. The molecule has 4 aliphatic heterocycles. The van der Waals surface area contributed by atoms with Crippen LogP contribution in [0.15, 0.2) is 0 Å². The first kappa shape index (κ1) is 25.0. The Morgan fingerprint density at radius 3 is 2.37 bits per heavy atom. The second-order valence-corrected chi connectivity index (χ2v) is 10.7. The van der Waals surface area contributed by atoms with Gasteiger partial charge in [0.05, 0.1) is 25.4 Å². The van der Waals surface area contributed by atoms with E-state index in [0.717, 1.165) is 19.3 Å². The Balaban J connectivity index is 1.67. The van der Waals surface area contributed by atoms with Crippen LogP contribution in [0.5, 0.6) is 0 Å². The Kier molecular flexibility index (Phi) is 10.0. The molecule has 10 heteroatoms. The second kappa shape index (κ2) is 12.0.